The lowest BCUT2D eigenvalue weighted by Crippen LogP contribution is -2.05. The maximum atomic E-state index is 13.5. The smallest absolute Gasteiger partial charge is 0.315 e. The van der Waals surface area contributed by atoms with Gasteiger partial charge in [0.25, 0.3) is 0 Å². The summed E-state index contributed by atoms with van der Waals surface area (Å²) in [5.41, 5.74) is -0.284. The zero-order chi connectivity index (χ0) is 14.7. The molecule has 2 N–H and O–H groups in total. The second-order valence-electron chi connectivity index (χ2n) is 4.81. The number of anilines is 1. The molecule has 2 aromatic rings. The number of nitrogens with zero attached hydrogens (tertiary/aromatic N) is 2. The van der Waals surface area contributed by atoms with Crippen molar-refractivity contribution < 1.29 is 18.3 Å². The van der Waals surface area contributed by atoms with Gasteiger partial charge in [-0.15, -0.1) is 5.10 Å². The molecule has 0 aliphatic heterocycles. The van der Waals surface area contributed by atoms with Crippen LogP contribution in [0, 0.1) is 17.6 Å². The summed E-state index contributed by atoms with van der Waals surface area (Å²) in [5, 5.41) is 19.4. The molecule has 0 aliphatic carbocycles. The minimum atomic E-state index is -1.00. The summed E-state index contributed by atoms with van der Waals surface area (Å²) in [6.07, 6.45) is 0.628. The normalized spacial score (nSPS) is 11.1. The molecule has 0 spiro atoms. The third-order valence-electron chi connectivity index (χ3n) is 2.63. The third-order valence-corrected chi connectivity index (χ3v) is 2.63. The topological polar surface area (TPSA) is 71.2 Å². The SMILES string of the molecule is CC(C)Cc1nnc(NCc2c(F)ccc(O)c2F)o1. The lowest BCUT2D eigenvalue weighted by Gasteiger charge is -2.06. The fraction of sp³-hybridized carbons (Fsp3) is 0.385. The number of hydrogen-bond donors (Lipinski definition) is 2. The lowest BCUT2D eigenvalue weighted by molar-refractivity contribution is 0.422. The molecule has 0 amide bonds. The average Bonchev–Trinajstić information content (AvgIpc) is 2.81. The first-order valence-corrected chi connectivity index (χ1v) is 6.19. The number of halogens is 2. The van der Waals surface area contributed by atoms with Gasteiger partial charge in [0.15, 0.2) is 11.6 Å². The highest BCUT2D eigenvalue weighted by molar-refractivity contribution is 5.33. The predicted molar refractivity (Wildman–Crippen MR) is 68.2 cm³/mol. The fourth-order valence-corrected chi connectivity index (χ4v) is 1.67. The molecule has 0 radical (unpaired) electrons. The van der Waals surface area contributed by atoms with Gasteiger partial charge in [0.05, 0.1) is 6.54 Å². The molecule has 0 aliphatic rings. The number of nitrogens with one attached hydrogen (secondary N) is 1. The molecule has 7 heteroatoms. The van der Waals surface area contributed by atoms with Gasteiger partial charge < -0.3 is 14.8 Å². The van der Waals surface area contributed by atoms with E-state index < -0.39 is 17.4 Å². The molecule has 5 nitrogen and oxygen atoms in total. The summed E-state index contributed by atoms with van der Waals surface area (Å²) in [6, 6.07) is 2.04. The van der Waals surface area contributed by atoms with E-state index in [0.29, 0.717) is 18.2 Å². The Labute approximate surface area is 114 Å². The van der Waals surface area contributed by atoms with E-state index in [4.69, 9.17) is 4.42 Å². The van der Waals surface area contributed by atoms with Gasteiger partial charge in [-0.1, -0.05) is 18.9 Å². The molecular formula is C13H15F2N3O2. The summed E-state index contributed by atoms with van der Waals surface area (Å²) in [6.45, 7) is 3.82. The summed E-state index contributed by atoms with van der Waals surface area (Å²) < 4.78 is 32.3. The molecule has 0 fully saturated rings. The molecule has 1 aromatic carbocycles. The van der Waals surface area contributed by atoms with Crippen molar-refractivity contribution in [2.75, 3.05) is 5.32 Å². The Morgan fingerprint density at radius 1 is 1.30 bits per heavy atom. The van der Waals surface area contributed by atoms with Crippen LogP contribution >= 0.6 is 0 Å². The molecule has 1 heterocycles. The summed E-state index contributed by atoms with van der Waals surface area (Å²) in [5.74, 6) is -1.54. The van der Waals surface area contributed by atoms with Crippen molar-refractivity contribution in [3.8, 4) is 5.75 Å². The van der Waals surface area contributed by atoms with Gasteiger partial charge in [-0.3, -0.25) is 0 Å². The average molecular weight is 283 g/mol. The lowest BCUT2D eigenvalue weighted by atomic mass is 10.1. The second-order valence-corrected chi connectivity index (χ2v) is 4.81. The summed E-state index contributed by atoms with van der Waals surface area (Å²) in [4.78, 5) is 0. The van der Waals surface area contributed by atoms with E-state index in [2.05, 4.69) is 15.5 Å². The molecule has 0 unspecified atom stereocenters. The number of rotatable bonds is 5. The molecule has 0 saturated heterocycles. The summed E-state index contributed by atoms with van der Waals surface area (Å²) >= 11 is 0. The van der Waals surface area contributed by atoms with Gasteiger partial charge in [-0.2, -0.15) is 0 Å². The Balaban J connectivity index is 2.06. The molecule has 1 aromatic heterocycles. The highest BCUT2D eigenvalue weighted by Gasteiger charge is 2.14. The maximum Gasteiger partial charge on any atom is 0.315 e. The minimum Gasteiger partial charge on any atom is -0.505 e. The van der Waals surface area contributed by atoms with Gasteiger partial charge in [0, 0.05) is 12.0 Å². The van der Waals surface area contributed by atoms with Crippen LogP contribution < -0.4 is 5.32 Å². The Kier molecular flexibility index (Phi) is 4.16. The van der Waals surface area contributed by atoms with Crippen LogP contribution in [0.3, 0.4) is 0 Å². The molecule has 20 heavy (non-hydrogen) atoms. The standard InChI is InChI=1S/C13H15F2N3O2/c1-7(2)5-11-17-18-13(20-11)16-6-8-9(14)3-4-10(19)12(8)15/h3-4,7,19H,5-6H2,1-2H3,(H,16,18). The largest absolute Gasteiger partial charge is 0.505 e. The van der Waals surface area contributed by atoms with Gasteiger partial charge in [-0.25, -0.2) is 8.78 Å². The van der Waals surface area contributed by atoms with Crippen LogP contribution in [-0.2, 0) is 13.0 Å². The van der Waals surface area contributed by atoms with Gasteiger partial charge in [0.2, 0.25) is 5.89 Å². The second kappa shape index (κ2) is 5.85. The molecular weight excluding hydrogens is 268 g/mol. The third kappa shape index (κ3) is 3.23. The van der Waals surface area contributed by atoms with Crippen LogP contribution in [0.5, 0.6) is 5.75 Å². The van der Waals surface area contributed by atoms with Crippen molar-refractivity contribution >= 4 is 6.01 Å². The monoisotopic (exact) mass is 283 g/mol. The van der Waals surface area contributed by atoms with E-state index in [1.807, 2.05) is 13.8 Å². The maximum absolute atomic E-state index is 13.5. The van der Waals surface area contributed by atoms with Crippen molar-refractivity contribution in [3.05, 3.63) is 35.2 Å². The van der Waals surface area contributed by atoms with Crippen LogP contribution in [0.15, 0.2) is 16.5 Å². The van der Waals surface area contributed by atoms with Crippen LogP contribution in [0.1, 0.15) is 25.3 Å². The molecule has 2 rings (SSSR count). The van der Waals surface area contributed by atoms with Crippen LogP contribution in [0.4, 0.5) is 14.8 Å². The van der Waals surface area contributed by atoms with E-state index >= 15 is 0 Å². The minimum absolute atomic E-state index is 0.0859. The van der Waals surface area contributed by atoms with E-state index in [9.17, 15) is 13.9 Å². The van der Waals surface area contributed by atoms with Gasteiger partial charge in [-0.05, 0) is 18.1 Å². The quantitative estimate of drug-likeness (QED) is 0.883. The predicted octanol–water partition coefficient (Wildman–Crippen LogP) is 2.86. The number of benzene rings is 1. The van der Waals surface area contributed by atoms with Gasteiger partial charge in [0.1, 0.15) is 5.82 Å². The Morgan fingerprint density at radius 3 is 2.75 bits per heavy atom. The van der Waals surface area contributed by atoms with Crippen molar-refractivity contribution in [1.29, 1.82) is 0 Å². The van der Waals surface area contributed by atoms with Gasteiger partial charge >= 0.3 is 6.01 Å². The van der Waals surface area contributed by atoms with E-state index in [1.165, 1.54) is 0 Å². The molecule has 0 atom stereocenters. The first kappa shape index (κ1) is 14.2. The highest BCUT2D eigenvalue weighted by Crippen LogP contribution is 2.22. The first-order chi connectivity index (χ1) is 9.47. The van der Waals surface area contributed by atoms with Crippen molar-refractivity contribution in [2.24, 2.45) is 5.92 Å². The number of phenolic OH excluding ortho intramolecular Hbond substituents is 1. The zero-order valence-electron chi connectivity index (χ0n) is 11.2. The first-order valence-electron chi connectivity index (χ1n) is 6.19. The fourth-order valence-electron chi connectivity index (χ4n) is 1.67. The van der Waals surface area contributed by atoms with Crippen LogP contribution in [0.2, 0.25) is 0 Å². The number of hydrogen-bond acceptors (Lipinski definition) is 5. The van der Waals surface area contributed by atoms with Crippen molar-refractivity contribution in [1.82, 2.24) is 10.2 Å². The molecule has 0 bridgehead atoms. The van der Waals surface area contributed by atoms with Crippen molar-refractivity contribution in [2.45, 2.75) is 26.8 Å². The number of aromatic nitrogens is 2. The number of aromatic hydroxyl groups is 1. The van der Waals surface area contributed by atoms with Crippen LogP contribution in [-0.4, -0.2) is 15.3 Å². The number of phenols is 1. The Bertz CT molecular complexity index is 599. The van der Waals surface area contributed by atoms with E-state index in [0.717, 1.165) is 12.1 Å². The highest BCUT2D eigenvalue weighted by atomic mass is 19.1. The van der Waals surface area contributed by atoms with E-state index in [1.54, 1.807) is 0 Å². The molecule has 0 saturated carbocycles. The summed E-state index contributed by atoms with van der Waals surface area (Å²) in [7, 11) is 0. The molecule has 108 valence electrons. The zero-order valence-corrected chi connectivity index (χ0v) is 11.2. The van der Waals surface area contributed by atoms with Crippen molar-refractivity contribution in [3.63, 3.8) is 0 Å². The van der Waals surface area contributed by atoms with Crippen LogP contribution in [0.25, 0.3) is 0 Å². The Hall–Kier alpha value is -2.18. The Morgan fingerprint density at radius 2 is 2.05 bits per heavy atom. The van der Waals surface area contributed by atoms with E-state index in [-0.39, 0.29) is 18.1 Å².